The van der Waals surface area contributed by atoms with Crippen molar-refractivity contribution in [3.63, 3.8) is 0 Å². The van der Waals surface area contributed by atoms with Crippen LogP contribution in [0.2, 0.25) is 0 Å². The number of H-pyrrole nitrogens is 1. The molecule has 8 heteroatoms. The number of ether oxygens (including phenoxy) is 2. The van der Waals surface area contributed by atoms with E-state index in [-0.39, 0.29) is 6.54 Å². The van der Waals surface area contributed by atoms with Crippen LogP contribution >= 0.6 is 0 Å². The van der Waals surface area contributed by atoms with E-state index in [4.69, 9.17) is 9.47 Å². The van der Waals surface area contributed by atoms with Crippen LogP contribution < -0.4 is 25.9 Å². The molecule has 4 rings (SSSR count). The smallest absolute Gasteiger partial charge is 0.317 e. The molecule has 0 saturated carbocycles. The van der Waals surface area contributed by atoms with Crippen molar-refractivity contribution >= 4 is 22.6 Å². The first kappa shape index (κ1) is 15.9. The number of anilines is 1. The second-order valence-electron chi connectivity index (χ2n) is 5.77. The first-order valence-electron chi connectivity index (χ1n) is 8.03. The maximum atomic E-state index is 12.4. The molecule has 1 aliphatic heterocycles. The summed E-state index contributed by atoms with van der Waals surface area (Å²) in [6, 6.07) is 11.9. The molecule has 132 valence electrons. The van der Waals surface area contributed by atoms with Gasteiger partial charge < -0.3 is 19.8 Å². The van der Waals surface area contributed by atoms with E-state index in [2.05, 4.69) is 10.3 Å². The Morgan fingerprint density at radius 1 is 1.08 bits per heavy atom. The molecule has 0 radical (unpaired) electrons. The number of nitrogens with zero attached hydrogens (tertiary/aromatic N) is 1. The largest absolute Gasteiger partial charge is 0.486 e. The minimum absolute atomic E-state index is 0.280. The van der Waals surface area contributed by atoms with E-state index in [1.54, 1.807) is 42.5 Å². The number of hydrogen-bond acceptors (Lipinski definition) is 5. The maximum absolute atomic E-state index is 12.4. The number of nitrogens with one attached hydrogen (secondary N) is 2. The molecule has 0 unspecified atom stereocenters. The highest BCUT2D eigenvalue weighted by Crippen LogP contribution is 2.32. The Hall–Kier alpha value is -3.55. The fourth-order valence-electron chi connectivity index (χ4n) is 2.84. The average Bonchev–Trinajstić information content (AvgIpc) is 2.65. The highest BCUT2D eigenvalue weighted by Gasteiger charge is 2.14. The van der Waals surface area contributed by atoms with Crippen molar-refractivity contribution in [3.05, 3.63) is 63.2 Å². The molecule has 2 N–H and O–H groups in total. The lowest BCUT2D eigenvalue weighted by Gasteiger charge is -2.19. The van der Waals surface area contributed by atoms with E-state index in [1.807, 2.05) is 0 Å². The number of carbonyl (C=O) groups is 1. The van der Waals surface area contributed by atoms with Crippen molar-refractivity contribution in [1.82, 2.24) is 9.55 Å². The molecule has 0 atom stereocenters. The van der Waals surface area contributed by atoms with Crippen LogP contribution in [0.1, 0.15) is 0 Å². The van der Waals surface area contributed by atoms with E-state index in [0.29, 0.717) is 41.4 Å². The van der Waals surface area contributed by atoms with Gasteiger partial charge in [0.15, 0.2) is 11.5 Å². The van der Waals surface area contributed by atoms with Gasteiger partial charge in [-0.1, -0.05) is 12.1 Å². The van der Waals surface area contributed by atoms with Gasteiger partial charge in [-0.15, -0.1) is 0 Å². The molecule has 1 aromatic heterocycles. The molecule has 26 heavy (non-hydrogen) atoms. The number of aromatic nitrogens is 2. The normalized spacial score (nSPS) is 12.8. The number of rotatable bonds is 3. The fourth-order valence-corrected chi connectivity index (χ4v) is 2.84. The Bertz CT molecular complexity index is 1120. The monoisotopic (exact) mass is 353 g/mol. The molecule has 0 fully saturated rings. The van der Waals surface area contributed by atoms with Crippen LogP contribution in [0.3, 0.4) is 0 Å². The molecule has 0 saturated heterocycles. The van der Waals surface area contributed by atoms with Crippen molar-refractivity contribution in [2.75, 3.05) is 18.5 Å². The second-order valence-corrected chi connectivity index (χ2v) is 5.77. The van der Waals surface area contributed by atoms with E-state index in [9.17, 15) is 14.4 Å². The number of amides is 1. The molecule has 0 bridgehead atoms. The van der Waals surface area contributed by atoms with Gasteiger partial charge in [0.2, 0.25) is 5.91 Å². The second kappa shape index (κ2) is 6.40. The summed E-state index contributed by atoms with van der Waals surface area (Å²) in [4.78, 5) is 38.9. The predicted molar refractivity (Wildman–Crippen MR) is 94.9 cm³/mol. The lowest BCUT2D eigenvalue weighted by atomic mass is 10.2. The van der Waals surface area contributed by atoms with Gasteiger partial charge in [-0.05, 0) is 24.3 Å². The highest BCUT2D eigenvalue weighted by molar-refractivity contribution is 5.91. The summed E-state index contributed by atoms with van der Waals surface area (Å²) in [6.45, 7) is 0.646. The Morgan fingerprint density at radius 2 is 1.85 bits per heavy atom. The number of para-hydroxylation sites is 2. The molecular weight excluding hydrogens is 338 g/mol. The van der Waals surface area contributed by atoms with Gasteiger partial charge in [-0.25, -0.2) is 0 Å². The summed E-state index contributed by atoms with van der Waals surface area (Å²) in [6.07, 6.45) is 0. The summed E-state index contributed by atoms with van der Waals surface area (Å²) < 4.78 is 12.1. The Labute approximate surface area is 147 Å². The van der Waals surface area contributed by atoms with Crippen LogP contribution in [0, 0.1) is 0 Å². The minimum Gasteiger partial charge on any atom is -0.486 e. The minimum atomic E-state index is -0.777. The number of benzene rings is 2. The Kier molecular flexibility index (Phi) is 3.92. The predicted octanol–water partition coefficient (Wildman–Crippen LogP) is 1.10. The maximum Gasteiger partial charge on any atom is 0.317 e. The van der Waals surface area contributed by atoms with Crippen LogP contribution in [0.25, 0.3) is 11.0 Å². The first-order valence-corrected chi connectivity index (χ1v) is 8.03. The van der Waals surface area contributed by atoms with E-state index in [1.165, 1.54) is 0 Å². The molecule has 1 amide bonds. The third-order valence-corrected chi connectivity index (χ3v) is 4.01. The van der Waals surface area contributed by atoms with Gasteiger partial charge in [-0.3, -0.25) is 19.0 Å². The van der Waals surface area contributed by atoms with Crippen molar-refractivity contribution in [2.24, 2.45) is 0 Å². The highest BCUT2D eigenvalue weighted by atomic mass is 16.6. The fraction of sp³-hybridized carbons (Fsp3) is 0.167. The lowest BCUT2D eigenvalue weighted by Crippen LogP contribution is -2.38. The van der Waals surface area contributed by atoms with Crippen LogP contribution in [-0.2, 0) is 11.3 Å². The first-order chi connectivity index (χ1) is 12.6. The SMILES string of the molecule is O=C(Cn1c(=O)c(=O)[nH]c2ccccc21)Nc1ccc2c(c1)OCCO2. The number of fused-ring (bicyclic) bond motifs is 2. The number of aromatic amines is 1. The lowest BCUT2D eigenvalue weighted by molar-refractivity contribution is -0.116. The zero-order valence-electron chi connectivity index (χ0n) is 13.7. The van der Waals surface area contributed by atoms with Gasteiger partial charge >= 0.3 is 11.1 Å². The Balaban J connectivity index is 1.61. The standard InChI is InChI=1S/C18H15N3O5/c22-16(19-11-5-6-14-15(9-11)26-8-7-25-14)10-21-13-4-2-1-3-12(13)20-17(23)18(21)24/h1-6,9H,7-8,10H2,(H,19,22)(H,20,23). The molecular formula is C18H15N3O5. The molecule has 8 nitrogen and oxygen atoms in total. The van der Waals surface area contributed by atoms with Gasteiger partial charge in [0, 0.05) is 11.8 Å². The van der Waals surface area contributed by atoms with E-state index in [0.717, 1.165) is 4.57 Å². The number of hydrogen-bond donors (Lipinski definition) is 2. The topological polar surface area (TPSA) is 102 Å². The zero-order chi connectivity index (χ0) is 18.1. The van der Waals surface area contributed by atoms with Crippen molar-refractivity contribution in [1.29, 1.82) is 0 Å². The summed E-state index contributed by atoms with van der Waals surface area (Å²) in [5.74, 6) is 0.735. The number of carbonyl (C=O) groups excluding carboxylic acids is 1. The molecule has 0 spiro atoms. The van der Waals surface area contributed by atoms with E-state index < -0.39 is 17.0 Å². The molecule has 1 aliphatic rings. The molecule has 2 aromatic carbocycles. The van der Waals surface area contributed by atoms with Crippen molar-refractivity contribution in [2.45, 2.75) is 6.54 Å². The molecule has 2 heterocycles. The quantitative estimate of drug-likeness (QED) is 0.687. The van der Waals surface area contributed by atoms with Crippen molar-refractivity contribution in [3.8, 4) is 11.5 Å². The summed E-state index contributed by atoms with van der Waals surface area (Å²) in [7, 11) is 0. The van der Waals surface area contributed by atoms with Gasteiger partial charge in [0.1, 0.15) is 19.8 Å². The van der Waals surface area contributed by atoms with Gasteiger partial charge in [0.05, 0.1) is 11.0 Å². The van der Waals surface area contributed by atoms with Gasteiger partial charge in [-0.2, -0.15) is 0 Å². The Morgan fingerprint density at radius 3 is 2.69 bits per heavy atom. The molecule has 3 aromatic rings. The van der Waals surface area contributed by atoms with Crippen LogP contribution in [0.5, 0.6) is 11.5 Å². The average molecular weight is 353 g/mol. The van der Waals surface area contributed by atoms with E-state index >= 15 is 0 Å². The zero-order valence-corrected chi connectivity index (χ0v) is 13.7. The summed E-state index contributed by atoms with van der Waals surface area (Å²) in [5, 5.41) is 2.71. The molecule has 0 aliphatic carbocycles. The summed E-state index contributed by atoms with van der Waals surface area (Å²) >= 11 is 0. The third-order valence-electron chi connectivity index (χ3n) is 4.01. The van der Waals surface area contributed by atoms with Gasteiger partial charge in [0.25, 0.3) is 0 Å². The van der Waals surface area contributed by atoms with Crippen LogP contribution in [0.15, 0.2) is 52.1 Å². The summed E-state index contributed by atoms with van der Waals surface area (Å²) in [5.41, 5.74) is -0.0584. The van der Waals surface area contributed by atoms with Crippen LogP contribution in [-0.4, -0.2) is 28.7 Å². The van der Waals surface area contributed by atoms with Crippen LogP contribution in [0.4, 0.5) is 5.69 Å². The third kappa shape index (κ3) is 2.92. The van der Waals surface area contributed by atoms with Crippen molar-refractivity contribution < 1.29 is 14.3 Å².